The molecule has 1 saturated heterocycles. The monoisotopic (exact) mass is 406 g/mol. The summed E-state index contributed by atoms with van der Waals surface area (Å²) < 4.78 is 12.5. The van der Waals surface area contributed by atoms with Gasteiger partial charge in [-0.3, -0.25) is 14.2 Å². The Kier molecular flexibility index (Phi) is 5.35. The van der Waals surface area contributed by atoms with Crippen LogP contribution in [-0.2, 0) is 4.74 Å². The van der Waals surface area contributed by atoms with Gasteiger partial charge in [0.2, 0.25) is 0 Å². The predicted octanol–water partition coefficient (Wildman–Crippen LogP) is 3.69. The van der Waals surface area contributed by atoms with Crippen LogP contribution in [0.1, 0.15) is 37.0 Å². The molecule has 0 bridgehead atoms. The number of rotatable bonds is 4. The van der Waals surface area contributed by atoms with E-state index < -0.39 is 0 Å². The summed E-state index contributed by atoms with van der Waals surface area (Å²) in [5, 5.41) is 4.30. The fraction of sp³-hybridized carbons (Fsp3) is 0.333. The number of hydrogen-bond donors (Lipinski definition) is 1. The number of carbonyl (C=O) groups is 1. The maximum Gasteiger partial charge on any atom is 0.262 e. The highest BCUT2D eigenvalue weighted by molar-refractivity contribution is 6.06. The molecule has 6 heteroatoms. The van der Waals surface area contributed by atoms with E-state index in [0.29, 0.717) is 34.4 Å². The summed E-state index contributed by atoms with van der Waals surface area (Å²) in [6.45, 7) is 4.68. The number of fused-ring (bicyclic) bond motifs is 1. The molecule has 1 aliphatic rings. The van der Waals surface area contributed by atoms with Crippen LogP contribution in [0.2, 0.25) is 0 Å². The van der Waals surface area contributed by atoms with Gasteiger partial charge in [0.25, 0.3) is 11.5 Å². The molecule has 1 fully saturated rings. The van der Waals surface area contributed by atoms with E-state index in [1.165, 1.54) is 4.57 Å². The van der Waals surface area contributed by atoms with Crippen molar-refractivity contribution < 1.29 is 14.3 Å². The molecule has 2 aromatic carbocycles. The van der Waals surface area contributed by atoms with Gasteiger partial charge < -0.3 is 14.8 Å². The van der Waals surface area contributed by atoms with Gasteiger partial charge >= 0.3 is 0 Å². The van der Waals surface area contributed by atoms with Crippen molar-refractivity contribution in [2.24, 2.45) is 0 Å². The van der Waals surface area contributed by atoms with E-state index in [4.69, 9.17) is 9.47 Å². The molecule has 156 valence electrons. The van der Waals surface area contributed by atoms with Crippen molar-refractivity contribution in [2.45, 2.75) is 38.3 Å². The van der Waals surface area contributed by atoms with Crippen LogP contribution in [0.15, 0.2) is 59.5 Å². The summed E-state index contributed by atoms with van der Waals surface area (Å²) in [6, 6.07) is 14.4. The Balaban J connectivity index is 1.76. The van der Waals surface area contributed by atoms with Crippen molar-refractivity contribution in [2.75, 3.05) is 13.7 Å². The fourth-order valence-electron chi connectivity index (χ4n) is 4.03. The minimum atomic E-state index is -0.264. The number of aromatic nitrogens is 1. The van der Waals surface area contributed by atoms with Crippen molar-refractivity contribution in [3.05, 3.63) is 70.6 Å². The molecule has 4 rings (SSSR count). The first-order chi connectivity index (χ1) is 14.4. The minimum Gasteiger partial charge on any atom is -0.497 e. The standard InChI is InChI=1S/C24H26N2O4/c1-24(2)14-16(12-13-30-24)25-22(27)21-15-26(17-8-10-18(29-3)11-9-17)23(28)20-7-5-4-6-19(20)21/h4-11,15-16H,12-14H2,1-3H3,(H,25,27)/t16-/m0/s1. The Morgan fingerprint density at radius 2 is 1.83 bits per heavy atom. The lowest BCUT2D eigenvalue weighted by atomic mass is 9.93. The second kappa shape index (κ2) is 7.95. The first kappa shape index (κ1) is 20.2. The molecular formula is C24H26N2O4. The highest BCUT2D eigenvalue weighted by Crippen LogP contribution is 2.25. The van der Waals surface area contributed by atoms with E-state index >= 15 is 0 Å². The molecule has 0 spiro atoms. The normalized spacial score (nSPS) is 18.2. The second-order valence-electron chi connectivity index (χ2n) is 8.23. The third kappa shape index (κ3) is 3.96. The van der Waals surface area contributed by atoms with Crippen molar-refractivity contribution in [3.63, 3.8) is 0 Å². The molecule has 3 aromatic rings. The minimum absolute atomic E-state index is 0.0291. The zero-order valence-electron chi connectivity index (χ0n) is 17.5. The van der Waals surface area contributed by atoms with Gasteiger partial charge in [-0.1, -0.05) is 18.2 Å². The number of hydrogen-bond acceptors (Lipinski definition) is 4. The fourth-order valence-corrected chi connectivity index (χ4v) is 4.03. The van der Waals surface area contributed by atoms with Crippen molar-refractivity contribution in [1.29, 1.82) is 0 Å². The highest BCUT2D eigenvalue weighted by Gasteiger charge is 2.30. The summed E-state index contributed by atoms with van der Waals surface area (Å²) in [6.07, 6.45) is 3.15. The van der Waals surface area contributed by atoms with Crippen molar-refractivity contribution in [3.8, 4) is 11.4 Å². The van der Waals surface area contributed by atoms with Crippen LogP contribution < -0.4 is 15.6 Å². The van der Waals surface area contributed by atoms with Gasteiger partial charge in [0, 0.05) is 35.3 Å². The molecule has 1 aromatic heterocycles. The van der Waals surface area contributed by atoms with Gasteiger partial charge in [0.05, 0.1) is 18.3 Å². The number of amides is 1. The van der Waals surface area contributed by atoms with E-state index in [2.05, 4.69) is 5.32 Å². The number of benzene rings is 2. The number of pyridine rings is 1. The maximum atomic E-state index is 13.2. The van der Waals surface area contributed by atoms with E-state index in [0.717, 1.165) is 12.8 Å². The van der Waals surface area contributed by atoms with Crippen LogP contribution in [0.5, 0.6) is 5.75 Å². The van der Waals surface area contributed by atoms with Crippen LogP contribution in [0.3, 0.4) is 0 Å². The van der Waals surface area contributed by atoms with Gasteiger partial charge in [-0.05, 0) is 57.0 Å². The van der Waals surface area contributed by atoms with Gasteiger partial charge in [-0.25, -0.2) is 0 Å². The summed E-state index contributed by atoms with van der Waals surface area (Å²) in [5.74, 6) is 0.517. The Morgan fingerprint density at radius 3 is 2.50 bits per heavy atom. The molecular weight excluding hydrogens is 380 g/mol. The predicted molar refractivity (Wildman–Crippen MR) is 117 cm³/mol. The first-order valence-corrected chi connectivity index (χ1v) is 10.1. The molecule has 1 atom stereocenters. The van der Waals surface area contributed by atoms with Crippen molar-refractivity contribution >= 4 is 16.7 Å². The molecule has 1 N–H and O–H groups in total. The Labute approximate surface area is 175 Å². The van der Waals surface area contributed by atoms with Crippen LogP contribution >= 0.6 is 0 Å². The molecule has 0 aliphatic carbocycles. The number of ether oxygens (including phenoxy) is 2. The molecule has 2 heterocycles. The Bertz CT molecular complexity index is 1130. The van der Waals surface area contributed by atoms with Crippen LogP contribution in [0.25, 0.3) is 16.5 Å². The molecule has 1 aliphatic heterocycles. The number of methoxy groups -OCH3 is 1. The molecule has 0 saturated carbocycles. The van der Waals surface area contributed by atoms with E-state index in [9.17, 15) is 9.59 Å². The van der Waals surface area contributed by atoms with Crippen LogP contribution in [0.4, 0.5) is 0 Å². The topological polar surface area (TPSA) is 69.6 Å². The third-order valence-electron chi connectivity index (χ3n) is 5.55. The Hall–Kier alpha value is -3.12. The van der Waals surface area contributed by atoms with Gasteiger partial charge in [0.15, 0.2) is 0 Å². The lowest BCUT2D eigenvalue weighted by molar-refractivity contribution is -0.0615. The van der Waals surface area contributed by atoms with E-state index in [1.54, 1.807) is 43.6 Å². The second-order valence-corrected chi connectivity index (χ2v) is 8.23. The summed E-state index contributed by atoms with van der Waals surface area (Å²) in [5.41, 5.74) is 0.720. The van der Waals surface area contributed by atoms with E-state index in [-0.39, 0.29) is 23.1 Å². The molecule has 1 amide bonds. The van der Waals surface area contributed by atoms with Crippen molar-refractivity contribution in [1.82, 2.24) is 9.88 Å². The maximum absolute atomic E-state index is 13.2. The smallest absolute Gasteiger partial charge is 0.262 e. The number of carbonyl (C=O) groups excluding carboxylic acids is 1. The third-order valence-corrected chi connectivity index (χ3v) is 5.55. The quantitative estimate of drug-likeness (QED) is 0.718. The van der Waals surface area contributed by atoms with Crippen LogP contribution in [-0.4, -0.2) is 35.8 Å². The largest absolute Gasteiger partial charge is 0.497 e. The highest BCUT2D eigenvalue weighted by atomic mass is 16.5. The lowest BCUT2D eigenvalue weighted by Crippen LogP contribution is -2.46. The summed E-state index contributed by atoms with van der Waals surface area (Å²) in [7, 11) is 1.59. The zero-order chi connectivity index (χ0) is 21.3. The number of nitrogens with one attached hydrogen (secondary N) is 1. The average Bonchev–Trinajstić information content (AvgIpc) is 2.73. The summed E-state index contributed by atoms with van der Waals surface area (Å²) >= 11 is 0. The van der Waals surface area contributed by atoms with Gasteiger partial charge in [-0.15, -0.1) is 0 Å². The SMILES string of the molecule is COc1ccc(-n2cc(C(=O)N[C@H]3CCOC(C)(C)C3)c3ccccc3c2=O)cc1. The molecule has 0 unspecified atom stereocenters. The van der Waals surface area contributed by atoms with E-state index in [1.807, 2.05) is 32.0 Å². The first-order valence-electron chi connectivity index (χ1n) is 10.1. The number of nitrogens with zero attached hydrogens (tertiary/aromatic N) is 1. The summed E-state index contributed by atoms with van der Waals surface area (Å²) in [4.78, 5) is 26.4. The zero-order valence-corrected chi connectivity index (χ0v) is 17.5. The molecule has 0 radical (unpaired) electrons. The lowest BCUT2D eigenvalue weighted by Gasteiger charge is -2.35. The average molecular weight is 406 g/mol. The van der Waals surface area contributed by atoms with Gasteiger partial charge in [0.1, 0.15) is 5.75 Å². The van der Waals surface area contributed by atoms with Gasteiger partial charge in [-0.2, -0.15) is 0 Å². The molecule has 6 nitrogen and oxygen atoms in total. The Morgan fingerprint density at radius 1 is 1.13 bits per heavy atom. The van der Waals surface area contributed by atoms with Crippen LogP contribution in [0, 0.1) is 0 Å². The molecule has 30 heavy (non-hydrogen) atoms.